The highest BCUT2D eigenvalue weighted by atomic mass is 16.5. The summed E-state index contributed by atoms with van der Waals surface area (Å²) in [5.41, 5.74) is 1.35. The molecule has 0 spiro atoms. The lowest BCUT2D eigenvalue weighted by Crippen LogP contribution is -2.34. The van der Waals surface area contributed by atoms with Crippen LogP contribution in [0.3, 0.4) is 0 Å². The number of nitrogens with zero attached hydrogens (tertiary/aromatic N) is 2. The van der Waals surface area contributed by atoms with Gasteiger partial charge in [-0.05, 0) is 39.7 Å². The van der Waals surface area contributed by atoms with Gasteiger partial charge < -0.3 is 14.9 Å². The van der Waals surface area contributed by atoms with Crippen molar-refractivity contribution in [2.24, 2.45) is 5.41 Å². The summed E-state index contributed by atoms with van der Waals surface area (Å²) < 4.78 is 6.93. The molecule has 122 valence electrons. The van der Waals surface area contributed by atoms with Gasteiger partial charge in [0.15, 0.2) is 5.82 Å². The van der Waals surface area contributed by atoms with Crippen molar-refractivity contribution in [1.29, 1.82) is 0 Å². The molecule has 1 saturated carbocycles. The molecule has 7 nitrogen and oxygen atoms in total. The van der Waals surface area contributed by atoms with Gasteiger partial charge in [0.25, 0.3) is 5.91 Å². The predicted octanol–water partition coefficient (Wildman–Crippen LogP) is 1.99. The molecule has 0 saturated heterocycles. The second-order valence-electron chi connectivity index (χ2n) is 6.18. The van der Waals surface area contributed by atoms with Gasteiger partial charge in [0.05, 0.1) is 11.0 Å². The van der Waals surface area contributed by atoms with Gasteiger partial charge in [-0.2, -0.15) is 0 Å². The van der Waals surface area contributed by atoms with Crippen LogP contribution in [0.4, 0.5) is 0 Å². The quantitative estimate of drug-likeness (QED) is 0.879. The van der Waals surface area contributed by atoms with Crippen molar-refractivity contribution in [2.45, 2.75) is 33.6 Å². The first kappa shape index (κ1) is 15.3. The summed E-state index contributed by atoms with van der Waals surface area (Å²) >= 11 is 0. The molecule has 2 N–H and O–H groups in total. The molecular weight excluding hydrogens is 298 g/mol. The van der Waals surface area contributed by atoms with Crippen molar-refractivity contribution < 1.29 is 19.2 Å². The SMILES string of the molecule is Cc1cc(-n2c(C)cc(C(=O)NCC3(C(=O)O)CC3)c2C)no1. The summed E-state index contributed by atoms with van der Waals surface area (Å²) in [6.45, 7) is 5.68. The Morgan fingerprint density at radius 2 is 2.04 bits per heavy atom. The zero-order chi connectivity index (χ0) is 16.8. The van der Waals surface area contributed by atoms with Gasteiger partial charge >= 0.3 is 5.97 Å². The van der Waals surface area contributed by atoms with Crippen molar-refractivity contribution in [1.82, 2.24) is 15.0 Å². The number of hydrogen-bond acceptors (Lipinski definition) is 4. The van der Waals surface area contributed by atoms with E-state index in [0.717, 1.165) is 11.4 Å². The van der Waals surface area contributed by atoms with E-state index < -0.39 is 11.4 Å². The summed E-state index contributed by atoms with van der Waals surface area (Å²) in [7, 11) is 0. The number of carboxylic acids is 1. The minimum atomic E-state index is -0.846. The molecule has 2 aromatic rings. The largest absolute Gasteiger partial charge is 0.481 e. The molecule has 1 amide bonds. The van der Waals surface area contributed by atoms with Gasteiger partial charge in [-0.25, -0.2) is 0 Å². The van der Waals surface area contributed by atoms with Crippen LogP contribution < -0.4 is 5.32 Å². The minimum absolute atomic E-state index is 0.161. The van der Waals surface area contributed by atoms with Crippen LogP contribution in [0.1, 0.15) is 40.3 Å². The third-order valence-electron chi connectivity index (χ3n) is 4.41. The molecular formula is C16H19N3O4. The Morgan fingerprint density at radius 1 is 1.35 bits per heavy atom. The number of aliphatic carboxylic acids is 1. The molecule has 0 unspecified atom stereocenters. The molecule has 23 heavy (non-hydrogen) atoms. The molecule has 2 heterocycles. The fourth-order valence-corrected chi connectivity index (χ4v) is 2.77. The van der Waals surface area contributed by atoms with Gasteiger partial charge in [-0.1, -0.05) is 5.16 Å². The fraction of sp³-hybridized carbons (Fsp3) is 0.438. The minimum Gasteiger partial charge on any atom is -0.481 e. The third-order valence-corrected chi connectivity index (χ3v) is 4.41. The first-order valence-electron chi connectivity index (χ1n) is 7.48. The predicted molar refractivity (Wildman–Crippen MR) is 81.7 cm³/mol. The average molecular weight is 317 g/mol. The number of hydrogen-bond donors (Lipinski definition) is 2. The number of aryl methyl sites for hydroxylation is 2. The number of aromatic nitrogens is 2. The topological polar surface area (TPSA) is 97.4 Å². The molecule has 3 rings (SSSR count). The maximum Gasteiger partial charge on any atom is 0.311 e. The highest BCUT2D eigenvalue weighted by Crippen LogP contribution is 2.45. The van der Waals surface area contributed by atoms with E-state index in [1.165, 1.54) is 0 Å². The van der Waals surface area contributed by atoms with E-state index in [2.05, 4.69) is 10.5 Å². The Bertz CT molecular complexity index is 783. The molecule has 2 aromatic heterocycles. The van der Waals surface area contributed by atoms with Crippen molar-refractivity contribution in [2.75, 3.05) is 6.54 Å². The molecule has 0 aliphatic heterocycles. The van der Waals surface area contributed by atoms with Crippen molar-refractivity contribution in [3.63, 3.8) is 0 Å². The lowest BCUT2D eigenvalue weighted by atomic mass is 10.1. The monoisotopic (exact) mass is 317 g/mol. The molecule has 0 radical (unpaired) electrons. The maximum absolute atomic E-state index is 12.4. The highest BCUT2D eigenvalue weighted by Gasteiger charge is 2.50. The number of carboxylic acid groups (broad SMARTS) is 1. The molecule has 0 aromatic carbocycles. The van der Waals surface area contributed by atoms with E-state index in [1.807, 2.05) is 18.4 Å². The summed E-state index contributed by atoms with van der Waals surface area (Å²) in [4.78, 5) is 23.6. The summed E-state index contributed by atoms with van der Waals surface area (Å²) in [5.74, 6) is 0.204. The zero-order valence-corrected chi connectivity index (χ0v) is 13.3. The van der Waals surface area contributed by atoms with Gasteiger partial charge in [0.2, 0.25) is 0 Å². The van der Waals surface area contributed by atoms with Crippen LogP contribution in [0.15, 0.2) is 16.7 Å². The van der Waals surface area contributed by atoms with Crippen LogP contribution in [-0.2, 0) is 4.79 Å². The second-order valence-corrected chi connectivity index (χ2v) is 6.18. The molecule has 1 aliphatic rings. The maximum atomic E-state index is 12.4. The molecule has 0 atom stereocenters. The number of amides is 1. The van der Waals surface area contributed by atoms with Gasteiger partial charge in [0, 0.05) is 24.0 Å². The first-order chi connectivity index (χ1) is 10.8. The van der Waals surface area contributed by atoms with Crippen LogP contribution in [0, 0.1) is 26.2 Å². The molecule has 7 heteroatoms. The first-order valence-corrected chi connectivity index (χ1v) is 7.48. The van der Waals surface area contributed by atoms with Crippen molar-refractivity contribution >= 4 is 11.9 Å². The number of rotatable bonds is 5. The van der Waals surface area contributed by atoms with Crippen LogP contribution in [0.2, 0.25) is 0 Å². The molecule has 1 fully saturated rings. The van der Waals surface area contributed by atoms with E-state index in [0.29, 0.717) is 30.0 Å². The number of carbonyl (C=O) groups is 2. The summed E-state index contributed by atoms with van der Waals surface area (Å²) in [6, 6.07) is 3.57. The molecule has 1 aliphatic carbocycles. The normalized spacial score (nSPS) is 15.4. The third kappa shape index (κ3) is 2.62. The van der Waals surface area contributed by atoms with Gasteiger partial charge in [-0.15, -0.1) is 0 Å². The van der Waals surface area contributed by atoms with Crippen LogP contribution in [-0.4, -0.2) is 33.3 Å². The van der Waals surface area contributed by atoms with E-state index in [9.17, 15) is 9.59 Å². The lowest BCUT2D eigenvalue weighted by Gasteiger charge is -2.11. The number of carbonyl (C=O) groups excluding carboxylic acids is 1. The fourth-order valence-electron chi connectivity index (χ4n) is 2.77. The van der Waals surface area contributed by atoms with E-state index in [4.69, 9.17) is 9.63 Å². The Balaban J connectivity index is 1.81. The Hall–Kier alpha value is -2.57. The van der Waals surface area contributed by atoms with E-state index in [1.54, 1.807) is 19.1 Å². The smallest absolute Gasteiger partial charge is 0.311 e. The Kier molecular flexibility index (Phi) is 3.50. The molecule has 0 bridgehead atoms. The van der Waals surface area contributed by atoms with Crippen LogP contribution in [0.5, 0.6) is 0 Å². The summed E-state index contributed by atoms with van der Waals surface area (Å²) in [6.07, 6.45) is 1.22. The zero-order valence-electron chi connectivity index (χ0n) is 13.3. The Labute approximate surface area is 133 Å². The van der Waals surface area contributed by atoms with Crippen molar-refractivity contribution in [3.8, 4) is 5.82 Å². The van der Waals surface area contributed by atoms with Crippen LogP contribution >= 0.6 is 0 Å². The second kappa shape index (κ2) is 5.26. The van der Waals surface area contributed by atoms with Gasteiger partial charge in [-0.3, -0.25) is 14.2 Å². The van der Waals surface area contributed by atoms with Gasteiger partial charge in [0.1, 0.15) is 5.76 Å². The van der Waals surface area contributed by atoms with Crippen LogP contribution in [0.25, 0.3) is 5.82 Å². The highest BCUT2D eigenvalue weighted by molar-refractivity contribution is 5.96. The average Bonchev–Trinajstić information content (AvgIpc) is 3.09. The van der Waals surface area contributed by atoms with E-state index >= 15 is 0 Å². The number of nitrogens with one attached hydrogen (secondary N) is 1. The summed E-state index contributed by atoms with van der Waals surface area (Å²) in [5, 5.41) is 15.9. The van der Waals surface area contributed by atoms with E-state index in [-0.39, 0.29) is 12.5 Å². The standard InChI is InChI=1S/C16H19N3O4/c1-9-6-12(11(3)19(9)13-7-10(2)23-18-13)14(20)17-8-16(4-5-16)15(21)22/h6-7H,4-5,8H2,1-3H3,(H,17,20)(H,21,22). The Morgan fingerprint density at radius 3 is 2.57 bits per heavy atom. The van der Waals surface area contributed by atoms with Crippen molar-refractivity contribution in [3.05, 3.63) is 34.8 Å². The lowest BCUT2D eigenvalue weighted by molar-refractivity contribution is -0.143.